The van der Waals surface area contributed by atoms with Crippen LogP contribution in [0.15, 0.2) is 12.7 Å². The molecular formula is C8H15NO. The Kier molecular flexibility index (Phi) is 6.08. The molecule has 0 aliphatic heterocycles. The molecule has 1 atom stereocenters. The summed E-state index contributed by atoms with van der Waals surface area (Å²) in [6, 6.07) is 0. The van der Waals surface area contributed by atoms with Crippen molar-refractivity contribution in [3.8, 4) is 0 Å². The van der Waals surface area contributed by atoms with Crippen LogP contribution in [0.2, 0.25) is 0 Å². The Hall–Kier alpha value is -0.630. The number of hydrogen-bond donors (Lipinski definition) is 1. The predicted molar refractivity (Wildman–Crippen MR) is 43.6 cm³/mol. The van der Waals surface area contributed by atoms with Gasteiger partial charge in [0.25, 0.3) is 0 Å². The van der Waals surface area contributed by atoms with Crippen molar-refractivity contribution in [1.29, 1.82) is 5.41 Å². The van der Waals surface area contributed by atoms with Gasteiger partial charge in [-0.1, -0.05) is 6.08 Å². The van der Waals surface area contributed by atoms with Crippen molar-refractivity contribution in [2.24, 2.45) is 0 Å². The summed E-state index contributed by atoms with van der Waals surface area (Å²) in [6.45, 7) is 3.61. The van der Waals surface area contributed by atoms with Gasteiger partial charge in [-0.3, -0.25) is 0 Å². The minimum absolute atomic E-state index is 0.204. The first-order valence-corrected chi connectivity index (χ1v) is 3.47. The highest BCUT2D eigenvalue weighted by molar-refractivity contribution is 5.53. The van der Waals surface area contributed by atoms with Gasteiger partial charge in [-0.05, 0) is 19.1 Å². The average molecular weight is 141 g/mol. The molecule has 0 aliphatic rings. The van der Waals surface area contributed by atoms with Crippen LogP contribution >= 0.6 is 0 Å². The Bertz CT molecular complexity index is 101. The molecule has 1 N–H and O–H groups in total. The molecule has 0 spiro atoms. The van der Waals surface area contributed by atoms with Crippen molar-refractivity contribution in [2.45, 2.75) is 25.4 Å². The van der Waals surface area contributed by atoms with E-state index in [4.69, 9.17) is 10.1 Å². The highest BCUT2D eigenvalue weighted by atomic mass is 16.5. The lowest BCUT2D eigenvalue weighted by atomic mass is 10.1. The predicted octanol–water partition coefficient (Wildman–Crippen LogP) is 2.01. The van der Waals surface area contributed by atoms with Gasteiger partial charge in [0.1, 0.15) is 0 Å². The largest absolute Gasteiger partial charge is 0.381 e. The molecule has 0 aliphatic carbocycles. The van der Waals surface area contributed by atoms with E-state index in [-0.39, 0.29) is 6.10 Å². The van der Waals surface area contributed by atoms with Gasteiger partial charge >= 0.3 is 0 Å². The maximum absolute atomic E-state index is 6.84. The molecule has 0 fully saturated rings. The number of rotatable bonds is 6. The van der Waals surface area contributed by atoms with Crippen LogP contribution in [0.4, 0.5) is 0 Å². The summed E-state index contributed by atoms with van der Waals surface area (Å²) in [5.74, 6) is 0. The van der Waals surface area contributed by atoms with Crippen molar-refractivity contribution in [3.63, 3.8) is 0 Å². The summed E-state index contributed by atoms with van der Waals surface area (Å²) in [4.78, 5) is 0. The minimum Gasteiger partial charge on any atom is -0.381 e. The van der Waals surface area contributed by atoms with E-state index < -0.39 is 0 Å². The fraction of sp³-hybridized carbons (Fsp3) is 0.625. The number of nitrogens with one attached hydrogen (secondary N) is 1. The maximum Gasteiger partial charge on any atom is 0.0623 e. The second kappa shape index (κ2) is 6.49. The normalized spacial score (nSPS) is 12.5. The molecule has 10 heavy (non-hydrogen) atoms. The Morgan fingerprint density at radius 1 is 1.70 bits per heavy atom. The lowest BCUT2D eigenvalue weighted by molar-refractivity contribution is 0.103. The second-order valence-corrected chi connectivity index (χ2v) is 2.16. The summed E-state index contributed by atoms with van der Waals surface area (Å²) in [5, 5.41) is 6.84. The fourth-order valence-electron chi connectivity index (χ4n) is 0.767. The summed E-state index contributed by atoms with van der Waals surface area (Å²) >= 11 is 0. The third-order valence-corrected chi connectivity index (χ3v) is 1.41. The van der Waals surface area contributed by atoms with Crippen LogP contribution in [0.1, 0.15) is 19.3 Å². The van der Waals surface area contributed by atoms with Gasteiger partial charge in [0.15, 0.2) is 0 Å². The highest BCUT2D eigenvalue weighted by Crippen LogP contribution is 2.03. The van der Waals surface area contributed by atoms with Gasteiger partial charge in [0, 0.05) is 13.5 Å². The van der Waals surface area contributed by atoms with E-state index in [1.165, 1.54) is 6.21 Å². The summed E-state index contributed by atoms with van der Waals surface area (Å²) < 4.78 is 5.09. The van der Waals surface area contributed by atoms with E-state index in [1.807, 2.05) is 6.08 Å². The van der Waals surface area contributed by atoms with Gasteiger partial charge in [0.2, 0.25) is 0 Å². The van der Waals surface area contributed by atoms with E-state index >= 15 is 0 Å². The van der Waals surface area contributed by atoms with E-state index in [0.29, 0.717) is 6.42 Å². The molecule has 0 radical (unpaired) electrons. The maximum atomic E-state index is 6.84. The van der Waals surface area contributed by atoms with Crippen molar-refractivity contribution >= 4 is 6.21 Å². The Morgan fingerprint density at radius 3 is 2.80 bits per heavy atom. The Morgan fingerprint density at radius 2 is 2.40 bits per heavy atom. The van der Waals surface area contributed by atoms with Crippen LogP contribution in [-0.4, -0.2) is 19.4 Å². The van der Waals surface area contributed by atoms with Crippen LogP contribution in [0.5, 0.6) is 0 Å². The van der Waals surface area contributed by atoms with Crippen LogP contribution in [0.3, 0.4) is 0 Å². The third kappa shape index (κ3) is 4.27. The molecule has 0 aromatic heterocycles. The molecule has 0 saturated heterocycles. The molecular weight excluding hydrogens is 126 g/mol. The van der Waals surface area contributed by atoms with E-state index in [0.717, 1.165) is 12.8 Å². The molecule has 0 saturated carbocycles. The first kappa shape index (κ1) is 9.37. The molecule has 0 aromatic rings. The fourth-order valence-corrected chi connectivity index (χ4v) is 0.767. The van der Waals surface area contributed by atoms with E-state index in [2.05, 4.69) is 6.58 Å². The molecule has 0 aromatic carbocycles. The van der Waals surface area contributed by atoms with Crippen molar-refractivity contribution in [1.82, 2.24) is 0 Å². The van der Waals surface area contributed by atoms with Crippen LogP contribution in [0, 0.1) is 5.41 Å². The van der Waals surface area contributed by atoms with Gasteiger partial charge in [-0.2, -0.15) is 0 Å². The minimum atomic E-state index is 0.204. The van der Waals surface area contributed by atoms with E-state index in [9.17, 15) is 0 Å². The monoisotopic (exact) mass is 141 g/mol. The first-order chi connectivity index (χ1) is 4.85. The van der Waals surface area contributed by atoms with Crippen LogP contribution < -0.4 is 0 Å². The Labute approximate surface area is 62.4 Å². The van der Waals surface area contributed by atoms with Crippen LogP contribution in [0.25, 0.3) is 0 Å². The summed E-state index contributed by atoms with van der Waals surface area (Å²) in [5.41, 5.74) is 0. The van der Waals surface area contributed by atoms with Gasteiger partial charge in [0.05, 0.1) is 6.10 Å². The molecule has 1 unspecified atom stereocenters. The second-order valence-electron chi connectivity index (χ2n) is 2.16. The summed E-state index contributed by atoms with van der Waals surface area (Å²) in [7, 11) is 1.68. The zero-order valence-corrected chi connectivity index (χ0v) is 6.47. The number of allylic oxidation sites excluding steroid dienone is 1. The third-order valence-electron chi connectivity index (χ3n) is 1.41. The number of hydrogen-bond acceptors (Lipinski definition) is 2. The smallest absolute Gasteiger partial charge is 0.0623 e. The van der Waals surface area contributed by atoms with Crippen molar-refractivity contribution in [3.05, 3.63) is 12.7 Å². The molecule has 2 nitrogen and oxygen atoms in total. The summed E-state index contributed by atoms with van der Waals surface area (Å²) in [6.07, 6.45) is 6.11. The van der Waals surface area contributed by atoms with Gasteiger partial charge in [-0.15, -0.1) is 6.58 Å². The van der Waals surface area contributed by atoms with E-state index in [1.54, 1.807) is 7.11 Å². The molecule has 0 heterocycles. The number of methoxy groups -OCH3 is 1. The zero-order valence-electron chi connectivity index (χ0n) is 6.47. The zero-order chi connectivity index (χ0) is 7.82. The van der Waals surface area contributed by atoms with Crippen molar-refractivity contribution in [2.75, 3.05) is 7.11 Å². The van der Waals surface area contributed by atoms with Gasteiger partial charge < -0.3 is 10.1 Å². The number of ether oxygens (including phenoxy) is 1. The molecule has 2 heteroatoms. The van der Waals surface area contributed by atoms with Crippen LogP contribution in [-0.2, 0) is 4.74 Å². The lowest BCUT2D eigenvalue weighted by Crippen LogP contribution is -2.09. The SMILES string of the molecule is C=CCCC(CC=N)OC. The standard InChI is InChI=1S/C8H15NO/c1-3-4-5-8(10-2)6-7-9/h3,7-9H,1,4-6H2,2H3. The average Bonchev–Trinajstić information content (AvgIpc) is 1.98. The molecule has 0 bridgehead atoms. The first-order valence-electron chi connectivity index (χ1n) is 3.47. The lowest BCUT2D eigenvalue weighted by Gasteiger charge is -2.10. The molecule has 0 rings (SSSR count). The Balaban J connectivity index is 3.38. The highest BCUT2D eigenvalue weighted by Gasteiger charge is 2.02. The quantitative estimate of drug-likeness (QED) is 0.445. The van der Waals surface area contributed by atoms with Gasteiger partial charge in [-0.25, -0.2) is 0 Å². The van der Waals surface area contributed by atoms with Crippen molar-refractivity contribution < 1.29 is 4.74 Å². The molecule has 58 valence electrons. The topological polar surface area (TPSA) is 33.1 Å². The molecule has 0 amide bonds.